The minimum atomic E-state index is -1.50. The second kappa shape index (κ2) is 8.54. The number of nitrogens with zero attached hydrogens (tertiary/aromatic N) is 2. The van der Waals surface area contributed by atoms with E-state index in [-0.39, 0.29) is 28.4 Å². The molecular weight excluding hydrogens is 460 g/mol. The van der Waals surface area contributed by atoms with Gasteiger partial charge in [-0.15, -0.1) is 0 Å². The molecule has 0 spiro atoms. The zero-order valence-corrected chi connectivity index (χ0v) is 19.0. The third-order valence-corrected chi connectivity index (χ3v) is 7.08. The van der Waals surface area contributed by atoms with Crippen molar-refractivity contribution in [2.45, 2.75) is 25.8 Å². The van der Waals surface area contributed by atoms with E-state index in [9.17, 15) is 19.5 Å². The van der Waals surface area contributed by atoms with Crippen molar-refractivity contribution in [3.63, 3.8) is 0 Å². The van der Waals surface area contributed by atoms with Gasteiger partial charge in [0.2, 0.25) is 5.43 Å². The van der Waals surface area contributed by atoms with Gasteiger partial charge in [-0.1, -0.05) is 0 Å². The first kappa shape index (κ1) is 23.1. The highest BCUT2D eigenvalue weighted by Crippen LogP contribution is 2.39. The molecule has 1 aromatic heterocycles. The lowest BCUT2D eigenvalue weighted by atomic mass is 10.0. The summed E-state index contributed by atoms with van der Waals surface area (Å²) in [7, 11) is 0. The van der Waals surface area contributed by atoms with Crippen LogP contribution in [-0.2, 0) is 4.79 Å². The van der Waals surface area contributed by atoms with Crippen LogP contribution in [-0.4, -0.2) is 53.8 Å². The van der Waals surface area contributed by atoms with E-state index in [1.165, 1.54) is 23.6 Å². The molecule has 0 radical (unpaired) electrons. The van der Waals surface area contributed by atoms with Crippen molar-refractivity contribution in [1.29, 1.82) is 0 Å². The maximum absolute atomic E-state index is 15.6. The van der Waals surface area contributed by atoms with Crippen molar-refractivity contribution in [3.05, 3.63) is 63.9 Å². The van der Waals surface area contributed by atoms with Gasteiger partial charge in [0.15, 0.2) is 17.3 Å². The third kappa shape index (κ3) is 3.78. The Labute approximate surface area is 198 Å². The van der Waals surface area contributed by atoms with E-state index in [0.29, 0.717) is 23.3 Å². The lowest BCUT2D eigenvalue weighted by Crippen LogP contribution is -2.63. The maximum Gasteiger partial charge on any atom is 0.341 e. The predicted molar refractivity (Wildman–Crippen MR) is 125 cm³/mol. The van der Waals surface area contributed by atoms with Gasteiger partial charge in [-0.3, -0.25) is 14.1 Å². The number of ether oxygens (including phenoxy) is 1. The van der Waals surface area contributed by atoms with Crippen molar-refractivity contribution >= 4 is 28.5 Å². The number of aromatic carboxylic acids is 1. The summed E-state index contributed by atoms with van der Waals surface area (Å²) in [5.74, 6) is -3.53. The van der Waals surface area contributed by atoms with Crippen molar-refractivity contribution < 1.29 is 28.2 Å². The second-order valence-corrected chi connectivity index (χ2v) is 9.06. The fourth-order valence-electron chi connectivity index (χ4n) is 5.53. The molecule has 0 bridgehead atoms. The summed E-state index contributed by atoms with van der Waals surface area (Å²) in [5.41, 5.74) is -0.906. The number of halogens is 2. The summed E-state index contributed by atoms with van der Waals surface area (Å²) < 4.78 is 37.4. The Kier molecular flexibility index (Phi) is 5.65. The van der Waals surface area contributed by atoms with Crippen molar-refractivity contribution in [1.82, 2.24) is 14.4 Å². The number of carboxylic acid groups (broad SMARTS) is 1. The van der Waals surface area contributed by atoms with Gasteiger partial charge < -0.3 is 19.7 Å². The molecule has 2 atom stereocenters. The van der Waals surface area contributed by atoms with E-state index in [2.05, 4.69) is 5.32 Å². The fourth-order valence-corrected chi connectivity index (χ4v) is 5.53. The van der Waals surface area contributed by atoms with E-state index in [4.69, 9.17) is 4.74 Å². The number of esters is 1. The first-order chi connectivity index (χ1) is 16.7. The molecule has 0 amide bonds. The molecule has 0 aliphatic carbocycles. The molecule has 2 saturated heterocycles. The van der Waals surface area contributed by atoms with Gasteiger partial charge in [0.1, 0.15) is 17.4 Å². The van der Waals surface area contributed by atoms with Crippen LogP contribution >= 0.6 is 0 Å². The van der Waals surface area contributed by atoms with Gasteiger partial charge in [0.25, 0.3) is 0 Å². The highest BCUT2D eigenvalue weighted by Gasteiger charge is 2.47. The summed E-state index contributed by atoms with van der Waals surface area (Å²) in [6, 6.07) is 6.49. The van der Waals surface area contributed by atoms with Crippen LogP contribution in [0.3, 0.4) is 0 Å². The molecular formula is C25H24F2N3O5+. The molecule has 8 nitrogen and oxygen atoms in total. The van der Waals surface area contributed by atoms with Gasteiger partial charge in [-0.25, -0.2) is 13.6 Å². The number of fused-ring (bicyclic) bond motifs is 2. The molecule has 2 N–H and O–H groups in total. The number of benzene rings is 2. The summed E-state index contributed by atoms with van der Waals surface area (Å²) in [4.78, 5) is 36.0. The van der Waals surface area contributed by atoms with Crippen LogP contribution in [0.25, 0.3) is 16.6 Å². The summed E-state index contributed by atoms with van der Waals surface area (Å²) in [5, 5.41) is 12.8. The molecule has 2 aliphatic heterocycles. The Morgan fingerprint density at radius 3 is 2.69 bits per heavy atom. The monoisotopic (exact) mass is 484 g/mol. The normalized spacial score (nSPS) is 21.6. The maximum atomic E-state index is 15.6. The van der Waals surface area contributed by atoms with Crippen LogP contribution in [0.2, 0.25) is 0 Å². The number of quaternary nitrogens is 1. The van der Waals surface area contributed by atoms with Gasteiger partial charge in [0, 0.05) is 51.2 Å². The summed E-state index contributed by atoms with van der Waals surface area (Å²) >= 11 is 0. The smallest absolute Gasteiger partial charge is 0.341 e. The Hall–Kier alpha value is -3.63. The average molecular weight is 484 g/mol. The van der Waals surface area contributed by atoms with Gasteiger partial charge >= 0.3 is 11.9 Å². The first-order valence-electron chi connectivity index (χ1n) is 11.4. The van der Waals surface area contributed by atoms with Crippen molar-refractivity contribution in [2.75, 3.05) is 26.2 Å². The van der Waals surface area contributed by atoms with Crippen LogP contribution < -0.4 is 20.0 Å². The van der Waals surface area contributed by atoms with E-state index >= 15 is 8.78 Å². The number of pyridine rings is 1. The predicted octanol–water partition coefficient (Wildman–Crippen LogP) is 2.97. The highest BCUT2D eigenvalue weighted by atomic mass is 19.1. The molecule has 3 heterocycles. The van der Waals surface area contributed by atoms with Crippen LogP contribution in [0.4, 0.5) is 14.5 Å². The molecule has 2 aromatic carbocycles. The van der Waals surface area contributed by atoms with Gasteiger partial charge in [-0.05, 0) is 18.2 Å². The minimum Gasteiger partial charge on any atom is -0.477 e. The van der Waals surface area contributed by atoms with E-state index < -0.39 is 34.6 Å². The first-order valence-corrected chi connectivity index (χ1v) is 11.4. The molecule has 5 rings (SSSR count). The largest absolute Gasteiger partial charge is 0.477 e. The molecule has 3 aromatic rings. The highest BCUT2D eigenvalue weighted by molar-refractivity contribution is 5.94. The zero-order valence-electron chi connectivity index (χ0n) is 19.0. The number of nitrogens with one attached hydrogen (secondary N) is 1. The number of carbonyl (C=O) groups is 2. The molecule has 0 saturated carbocycles. The van der Waals surface area contributed by atoms with Crippen LogP contribution in [0, 0.1) is 11.6 Å². The average Bonchev–Trinajstić information content (AvgIpc) is 3.24. The molecule has 2 unspecified atom stereocenters. The lowest BCUT2D eigenvalue weighted by Gasteiger charge is -2.43. The Balaban J connectivity index is 1.78. The third-order valence-electron chi connectivity index (χ3n) is 7.08. The number of piperazine rings is 1. The number of hydrogen-bond donors (Lipinski definition) is 2. The standard InChI is InChI=1S/C25H23F2N3O5/c1-14(31)35-16-4-5-21(19(26)9-16)29-13-18(25(33)34)24(32)17-10-20(27)23(11-22(17)29)30-7-2-3-15(30)12-28-6-8-30/h4-5,9-11,13,15,28H,2-3,6-8,12H2,1H3/p+1. The SMILES string of the molecule is CC(=O)Oc1ccc(-n2cc(C(=O)O)c(=O)c3cc(F)c([N+]45CCCC4CNCC5)cc32)c(F)c1. The topological polar surface area (TPSA) is 97.6 Å². The Bertz CT molecular complexity index is 1440. The van der Waals surface area contributed by atoms with Crippen LogP contribution in [0.15, 0.2) is 41.3 Å². The van der Waals surface area contributed by atoms with E-state index in [1.807, 2.05) is 0 Å². The Morgan fingerprint density at radius 2 is 1.97 bits per heavy atom. The minimum absolute atomic E-state index is 0.0200. The van der Waals surface area contributed by atoms with Gasteiger partial charge in [-0.2, -0.15) is 0 Å². The fraction of sp³-hybridized carbons (Fsp3) is 0.320. The lowest BCUT2D eigenvalue weighted by molar-refractivity contribution is -0.131. The van der Waals surface area contributed by atoms with Crippen molar-refractivity contribution in [2.24, 2.45) is 0 Å². The van der Waals surface area contributed by atoms with E-state index in [1.54, 1.807) is 6.07 Å². The van der Waals surface area contributed by atoms with Crippen LogP contribution in [0.1, 0.15) is 30.1 Å². The zero-order chi connectivity index (χ0) is 24.9. The molecule has 10 heteroatoms. The van der Waals surface area contributed by atoms with Crippen LogP contribution in [0.5, 0.6) is 5.75 Å². The van der Waals surface area contributed by atoms with Crippen molar-refractivity contribution in [3.8, 4) is 11.4 Å². The number of aromatic nitrogens is 1. The van der Waals surface area contributed by atoms with E-state index in [0.717, 1.165) is 44.3 Å². The molecule has 182 valence electrons. The number of carbonyl (C=O) groups excluding carboxylic acids is 1. The number of rotatable bonds is 4. The Morgan fingerprint density at radius 1 is 1.17 bits per heavy atom. The molecule has 2 fully saturated rings. The summed E-state index contributed by atoms with van der Waals surface area (Å²) in [6.45, 7) is 4.07. The summed E-state index contributed by atoms with van der Waals surface area (Å²) in [6.07, 6.45) is 2.92. The second-order valence-electron chi connectivity index (χ2n) is 9.06. The quantitative estimate of drug-likeness (QED) is 0.336. The number of carboxylic acids is 1. The molecule has 2 aliphatic rings. The van der Waals surface area contributed by atoms with Gasteiger partial charge in [0.05, 0.1) is 29.7 Å². The molecule has 35 heavy (non-hydrogen) atoms. The number of hydrogen-bond acceptors (Lipinski definition) is 5.